The molecule has 0 unspecified atom stereocenters. The van der Waals surface area contributed by atoms with E-state index in [-0.39, 0.29) is 5.91 Å². The van der Waals surface area contributed by atoms with E-state index in [1.807, 2.05) is 30.5 Å². The molecule has 0 aliphatic rings. The van der Waals surface area contributed by atoms with Gasteiger partial charge >= 0.3 is 0 Å². The van der Waals surface area contributed by atoms with Crippen LogP contribution in [0.15, 0.2) is 41.4 Å². The Morgan fingerprint density at radius 2 is 1.79 bits per heavy atom. The van der Waals surface area contributed by atoms with Gasteiger partial charge in [-0.05, 0) is 44.2 Å². The van der Waals surface area contributed by atoms with Gasteiger partial charge in [0.1, 0.15) is 0 Å². The minimum Gasteiger partial charge on any atom is -0.493 e. The molecule has 0 N–H and O–H groups in total. The third kappa shape index (κ3) is 4.34. The van der Waals surface area contributed by atoms with Crippen LogP contribution in [-0.4, -0.2) is 24.7 Å². The molecule has 3 rings (SSSR count). The van der Waals surface area contributed by atoms with Crippen molar-refractivity contribution in [2.24, 2.45) is 4.99 Å². The number of carbonyl (C=O) groups is 1. The van der Waals surface area contributed by atoms with Crippen molar-refractivity contribution in [1.82, 2.24) is 4.57 Å². The van der Waals surface area contributed by atoms with E-state index in [4.69, 9.17) is 32.7 Å². The van der Waals surface area contributed by atoms with Crippen molar-refractivity contribution in [2.45, 2.75) is 20.4 Å². The number of methoxy groups -OCH3 is 2. The maximum absolute atomic E-state index is 12.8. The van der Waals surface area contributed by atoms with E-state index < -0.39 is 0 Å². The predicted octanol–water partition coefficient (Wildman–Crippen LogP) is 5.61. The van der Waals surface area contributed by atoms with Crippen LogP contribution in [0.25, 0.3) is 11.3 Å². The number of aromatic nitrogens is 1. The van der Waals surface area contributed by atoms with Crippen LogP contribution in [0, 0.1) is 6.92 Å². The zero-order valence-electron chi connectivity index (χ0n) is 16.5. The SMILES string of the molecule is CCn1c(-c2ccc(Cl)c(Cl)c2)c(C)sc1=NC(=O)c1ccc(OC)c(OC)c1. The maximum Gasteiger partial charge on any atom is 0.279 e. The fourth-order valence-electron chi connectivity index (χ4n) is 3.03. The molecule has 0 saturated heterocycles. The van der Waals surface area contributed by atoms with Crippen molar-refractivity contribution in [1.29, 1.82) is 0 Å². The highest BCUT2D eigenvalue weighted by atomic mass is 35.5. The zero-order chi connectivity index (χ0) is 21.1. The summed E-state index contributed by atoms with van der Waals surface area (Å²) in [4.78, 5) is 18.8. The molecular weight excluding hydrogens is 431 g/mol. The molecule has 1 heterocycles. The first-order valence-corrected chi connectivity index (χ1v) is 10.4. The maximum atomic E-state index is 12.8. The lowest BCUT2D eigenvalue weighted by molar-refractivity contribution is 0.0997. The predicted molar refractivity (Wildman–Crippen MR) is 118 cm³/mol. The molecule has 8 heteroatoms. The summed E-state index contributed by atoms with van der Waals surface area (Å²) in [5, 5.41) is 0.984. The molecule has 0 atom stereocenters. The van der Waals surface area contributed by atoms with Crippen LogP contribution in [0.5, 0.6) is 11.5 Å². The van der Waals surface area contributed by atoms with Gasteiger partial charge in [-0.25, -0.2) is 0 Å². The monoisotopic (exact) mass is 450 g/mol. The largest absolute Gasteiger partial charge is 0.493 e. The first-order chi connectivity index (χ1) is 13.9. The van der Waals surface area contributed by atoms with E-state index in [9.17, 15) is 4.79 Å². The Kier molecular flexibility index (Phi) is 6.67. The molecule has 1 aromatic heterocycles. The molecule has 0 aliphatic heterocycles. The van der Waals surface area contributed by atoms with Gasteiger partial charge in [0.15, 0.2) is 16.3 Å². The van der Waals surface area contributed by atoms with Crippen LogP contribution in [0.1, 0.15) is 22.2 Å². The third-order valence-electron chi connectivity index (χ3n) is 4.42. The molecule has 0 bridgehead atoms. The van der Waals surface area contributed by atoms with Gasteiger partial charge < -0.3 is 14.0 Å². The summed E-state index contributed by atoms with van der Waals surface area (Å²) in [7, 11) is 3.08. The number of aryl methyl sites for hydroxylation is 1. The molecule has 5 nitrogen and oxygen atoms in total. The Labute approximate surface area is 183 Å². The van der Waals surface area contributed by atoms with E-state index >= 15 is 0 Å². The van der Waals surface area contributed by atoms with Crippen molar-refractivity contribution < 1.29 is 14.3 Å². The van der Waals surface area contributed by atoms with Crippen molar-refractivity contribution in [3.8, 4) is 22.8 Å². The topological polar surface area (TPSA) is 52.8 Å². The summed E-state index contributed by atoms with van der Waals surface area (Å²) in [6.07, 6.45) is 0. The fourth-order valence-corrected chi connectivity index (χ4v) is 4.38. The Morgan fingerprint density at radius 3 is 2.41 bits per heavy atom. The van der Waals surface area contributed by atoms with Crippen LogP contribution in [0.2, 0.25) is 10.0 Å². The van der Waals surface area contributed by atoms with Gasteiger partial charge in [0, 0.05) is 22.5 Å². The normalized spacial score (nSPS) is 11.6. The van der Waals surface area contributed by atoms with Crippen molar-refractivity contribution in [3.05, 3.63) is 61.7 Å². The average Bonchev–Trinajstić information content (AvgIpc) is 3.04. The molecule has 152 valence electrons. The minimum absolute atomic E-state index is 0.352. The number of rotatable bonds is 5. The van der Waals surface area contributed by atoms with Crippen molar-refractivity contribution in [3.63, 3.8) is 0 Å². The van der Waals surface area contributed by atoms with E-state index in [2.05, 4.69) is 4.99 Å². The summed E-state index contributed by atoms with van der Waals surface area (Å²) < 4.78 is 12.5. The molecule has 0 aliphatic carbocycles. The molecule has 0 fully saturated rings. The smallest absolute Gasteiger partial charge is 0.279 e. The van der Waals surface area contributed by atoms with E-state index in [1.165, 1.54) is 18.4 Å². The summed E-state index contributed by atoms with van der Waals surface area (Å²) >= 11 is 13.7. The number of ether oxygens (including phenoxy) is 2. The van der Waals surface area contributed by atoms with Gasteiger partial charge in [0.05, 0.1) is 30.0 Å². The van der Waals surface area contributed by atoms with Crippen LogP contribution in [0.3, 0.4) is 0 Å². The summed E-state index contributed by atoms with van der Waals surface area (Å²) in [5.41, 5.74) is 2.32. The molecule has 3 aromatic rings. The number of thiazole rings is 1. The van der Waals surface area contributed by atoms with Crippen LogP contribution in [0.4, 0.5) is 0 Å². The van der Waals surface area contributed by atoms with Gasteiger partial charge in [-0.3, -0.25) is 4.79 Å². The molecule has 0 spiro atoms. The number of halogens is 2. The van der Waals surface area contributed by atoms with Crippen molar-refractivity contribution >= 4 is 40.4 Å². The number of benzene rings is 2. The van der Waals surface area contributed by atoms with Crippen LogP contribution >= 0.6 is 34.5 Å². The van der Waals surface area contributed by atoms with Gasteiger partial charge in [-0.2, -0.15) is 4.99 Å². The summed E-state index contributed by atoms with van der Waals surface area (Å²) in [6, 6.07) is 10.5. The fraction of sp³-hybridized carbons (Fsp3) is 0.238. The Balaban J connectivity index is 2.08. The molecule has 29 heavy (non-hydrogen) atoms. The Morgan fingerprint density at radius 1 is 1.07 bits per heavy atom. The second kappa shape index (κ2) is 9.03. The lowest BCUT2D eigenvalue weighted by atomic mass is 10.1. The quantitative estimate of drug-likeness (QED) is 0.507. The highest BCUT2D eigenvalue weighted by molar-refractivity contribution is 7.09. The number of carbonyl (C=O) groups excluding carboxylic acids is 1. The lowest BCUT2D eigenvalue weighted by Gasteiger charge is -2.09. The molecule has 2 aromatic carbocycles. The van der Waals surface area contributed by atoms with E-state index in [0.29, 0.717) is 38.5 Å². The van der Waals surface area contributed by atoms with Gasteiger partial charge in [-0.15, -0.1) is 11.3 Å². The number of nitrogens with zero attached hydrogens (tertiary/aromatic N) is 2. The van der Waals surface area contributed by atoms with Crippen LogP contribution in [-0.2, 0) is 6.54 Å². The lowest BCUT2D eigenvalue weighted by Crippen LogP contribution is -2.17. The average molecular weight is 451 g/mol. The first-order valence-electron chi connectivity index (χ1n) is 8.86. The Hall–Kier alpha value is -2.28. The molecule has 0 saturated carbocycles. The number of hydrogen-bond acceptors (Lipinski definition) is 4. The standard InChI is InChI=1S/C21H20Cl2N2O3S/c1-5-25-19(13-6-8-15(22)16(23)10-13)12(2)29-21(25)24-20(26)14-7-9-17(27-3)18(11-14)28-4/h6-11H,5H2,1-4H3. The van der Waals surface area contributed by atoms with Gasteiger partial charge in [0.2, 0.25) is 0 Å². The molecule has 0 radical (unpaired) electrons. The second-order valence-electron chi connectivity index (χ2n) is 6.15. The summed E-state index contributed by atoms with van der Waals surface area (Å²) in [6.45, 7) is 4.65. The summed E-state index contributed by atoms with van der Waals surface area (Å²) in [5.74, 6) is 0.687. The number of amides is 1. The highest BCUT2D eigenvalue weighted by Gasteiger charge is 2.15. The van der Waals surface area contributed by atoms with E-state index in [1.54, 1.807) is 31.4 Å². The molecule has 1 amide bonds. The first kappa shape index (κ1) is 21.4. The highest BCUT2D eigenvalue weighted by Crippen LogP contribution is 2.31. The third-order valence-corrected chi connectivity index (χ3v) is 6.15. The zero-order valence-corrected chi connectivity index (χ0v) is 18.8. The number of hydrogen-bond donors (Lipinski definition) is 0. The second-order valence-corrected chi connectivity index (χ2v) is 8.15. The minimum atomic E-state index is -0.352. The van der Waals surface area contributed by atoms with Gasteiger partial charge in [0.25, 0.3) is 5.91 Å². The van der Waals surface area contributed by atoms with Gasteiger partial charge in [-0.1, -0.05) is 29.3 Å². The Bertz CT molecular complexity index is 1140. The molecular formula is C21H20Cl2N2O3S. The van der Waals surface area contributed by atoms with Crippen LogP contribution < -0.4 is 14.3 Å². The van der Waals surface area contributed by atoms with Crippen molar-refractivity contribution in [2.75, 3.05) is 14.2 Å². The van der Waals surface area contributed by atoms with E-state index in [0.717, 1.165) is 16.1 Å².